The van der Waals surface area contributed by atoms with Crippen molar-refractivity contribution in [3.8, 4) is 0 Å². The number of hydrogen-bond donors (Lipinski definition) is 1. The lowest BCUT2D eigenvalue weighted by Crippen LogP contribution is -2.44. The highest BCUT2D eigenvalue weighted by molar-refractivity contribution is 6.22. The van der Waals surface area contributed by atoms with Gasteiger partial charge >= 0.3 is 0 Å². The molecule has 136 valence electrons. The molecule has 0 bridgehead atoms. The first kappa shape index (κ1) is 16.2. The van der Waals surface area contributed by atoms with Gasteiger partial charge in [-0.15, -0.1) is 0 Å². The number of amides is 2. The zero-order chi connectivity index (χ0) is 18.5. The number of anilines is 1. The monoisotopic (exact) mass is 363 g/mol. The predicted molar refractivity (Wildman–Crippen MR) is 99.7 cm³/mol. The van der Waals surface area contributed by atoms with Crippen molar-refractivity contribution in [3.63, 3.8) is 0 Å². The van der Waals surface area contributed by atoms with Crippen LogP contribution in [0.4, 0.5) is 10.1 Å². The lowest BCUT2D eigenvalue weighted by Gasteiger charge is -2.31. The van der Waals surface area contributed by atoms with E-state index in [1.807, 2.05) is 23.1 Å². The van der Waals surface area contributed by atoms with E-state index >= 15 is 0 Å². The second kappa shape index (κ2) is 6.03. The van der Waals surface area contributed by atoms with E-state index in [9.17, 15) is 14.0 Å². The molecule has 3 aromatic rings. The Balaban J connectivity index is 1.45. The van der Waals surface area contributed by atoms with Crippen LogP contribution in [0.15, 0.2) is 48.5 Å². The normalized spacial score (nSPS) is 20.5. The minimum absolute atomic E-state index is 0.174. The Bertz CT molecular complexity index is 1060. The topological polar surface area (TPSA) is 56.4 Å². The number of para-hydroxylation sites is 1. The number of halogens is 1. The number of aromatic nitrogens is 1. The number of aromatic amines is 1. The van der Waals surface area contributed by atoms with E-state index in [4.69, 9.17) is 0 Å². The van der Waals surface area contributed by atoms with E-state index in [1.165, 1.54) is 17.0 Å². The highest BCUT2D eigenvalue weighted by Crippen LogP contribution is 2.32. The van der Waals surface area contributed by atoms with Crippen LogP contribution in [0.1, 0.15) is 17.7 Å². The second-order valence-corrected chi connectivity index (χ2v) is 7.12. The number of nitrogens with zero attached hydrogens (tertiary/aromatic N) is 2. The van der Waals surface area contributed by atoms with E-state index in [0.29, 0.717) is 18.8 Å². The molecule has 1 fully saturated rings. The van der Waals surface area contributed by atoms with Crippen LogP contribution < -0.4 is 4.90 Å². The Morgan fingerprint density at radius 2 is 1.89 bits per heavy atom. The summed E-state index contributed by atoms with van der Waals surface area (Å²) in [6, 6.07) is 13.3. The van der Waals surface area contributed by atoms with E-state index in [2.05, 4.69) is 4.98 Å². The number of imide groups is 1. The van der Waals surface area contributed by atoms with Crippen LogP contribution in [0.2, 0.25) is 0 Å². The maximum absolute atomic E-state index is 13.7. The predicted octanol–water partition coefficient (Wildman–Crippen LogP) is 3.00. The Labute approximate surface area is 155 Å². The summed E-state index contributed by atoms with van der Waals surface area (Å²) in [6.07, 6.45) is 0.925. The first-order chi connectivity index (χ1) is 13.1. The van der Waals surface area contributed by atoms with E-state index in [-0.39, 0.29) is 24.1 Å². The third kappa shape index (κ3) is 2.56. The number of fused-ring (bicyclic) bond motifs is 3. The molecular formula is C21H18FN3O2. The Kier molecular flexibility index (Phi) is 3.62. The third-order valence-corrected chi connectivity index (χ3v) is 5.54. The highest BCUT2D eigenvalue weighted by Gasteiger charge is 2.43. The van der Waals surface area contributed by atoms with Gasteiger partial charge in [-0.3, -0.25) is 14.5 Å². The summed E-state index contributed by atoms with van der Waals surface area (Å²) in [5.41, 5.74) is 3.63. The van der Waals surface area contributed by atoms with Crippen LogP contribution in [0, 0.1) is 5.82 Å². The number of hydrogen-bond acceptors (Lipinski definition) is 3. The molecular weight excluding hydrogens is 345 g/mol. The van der Waals surface area contributed by atoms with Crippen LogP contribution in [-0.4, -0.2) is 34.3 Å². The van der Waals surface area contributed by atoms with E-state index < -0.39 is 6.04 Å². The van der Waals surface area contributed by atoms with Crippen molar-refractivity contribution in [3.05, 3.63) is 65.6 Å². The van der Waals surface area contributed by atoms with Crippen LogP contribution >= 0.6 is 0 Å². The summed E-state index contributed by atoms with van der Waals surface area (Å²) in [6.45, 7) is 1.22. The summed E-state index contributed by atoms with van der Waals surface area (Å²) in [7, 11) is 0. The number of benzene rings is 2. The van der Waals surface area contributed by atoms with Gasteiger partial charge in [-0.05, 0) is 35.9 Å². The van der Waals surface area contributed by atoms with Crippen molar-refractivity contribution >= 4 is 28.4 Å². The van der Waals surface area contributed by atoms with Gasteiger partial charge in [0.15, 0.2) is 0 Å². The zero-order valence-electron chi connectivity index (χ0n) is 14.6. The molecule has 5 rings (SSSR count). The van der Waals surface area contributed by atoms with Gasteiger partial charge in [0, 0.05) is 36.1 Å². The van der Waals surface area contributed by atoms with Gasteiger partial charge in [0.2, 0.25) is 5.91 Å². The molecule has 1 aromatic heterocycles. The molecule has 2 aliphatic heterocycles. The van der Waals surface area contributed by atoms with Crippen LogP contribution in [-0.2, 0) is 22.6 Å². The summed E-state index contributed by atoms with van der Waals surface area (Å²) >= 11 is 0. The molecule has 5 nitrogen and oxygen atoms in total. The van der Waals surface area contributed by atoms with Crippen molar-refractivity contribution in [2.45, 2.75) is 25.4 Å². The molecule has 0 spiro atoms. The van der Waals surface area contributed by atoms with Crippen molar-refractivity contribution < 1.29 is 14.0 Å². The molecule has 6 heteroatoms. The number of nitrogens with one attached hydrogen (secondary N) is 1. The maximum atomic E-state index is 13.7. The summed E-state index contributed by atoms with van der Waals surface area (Å²) in [5, 5.41) is 0.853. The van der Waals surface area contributed by atoms with Crippen molar-refractivity contribution in [2.75, 3.05) is 11.4 Å². The Hall–Kier alpha value is -2.99. The van der Waals surface area contributed by atoms with Crippen molar-refractivity contribution in [2.24, 2.45) is 0 Å². The summed E-state index contributed by atoms with van der Waals surface area (Å²) in [5.74, 6) is -0.628. The highest BCUT2D eigenvalue weighted by atomic mass is 19.1. The van der Waals surface area contributed by atoms with Gasteiger partial charge in [0.25, 0.3) is 5.91 Å². The van der Waals surface area contributed by atoms with Crippen LogP contribution in [0.25, 0.3) is 10.9 Å². The Morgan fingerprint density at radius 1 is 1.07 bits per heavy atom. The van der Waals surface area contributed by atoms with Crippen LogP contribution in [0.3, 0.4) is 0 Å². The van der Waals surface area contributed by atoms with Gasteiger partial charge in [-0.25, -0.2) is 9.29 Å². The minimum atomic E-state index is -0.468. The molecule has 0 aliphatic carbocycles. The zero-order valence-corrected chi connectivity index (χ0v) is 14.6. The first-order valence-electron chi connectivity index (χ1n) is 9.07. The van der Waals surface area contributed by atoms with E-state index in [0.717, 1.165) is 28.6 Å². The molecule has 3 heterocycles. The van der Waals surface area contributed by atoms with Crippen molar-refractivity contribution in [1.82, 2.24) is 9.88 Å². The molecule has 2 aliphatic rings. The average Bonchev–Trinajstić information content (AvgIpc) is 3.18. The quantitative estimate of drug-likeness (QED) is 0.712. The fourth-order valence-corrected chi connectivity index (χ4v) is 4.22. The molecule has 0 radical (unpaired) electrons. The minimum Gasteiger partial charge on any atom is -0.358 e. The van der Waals surface area contributed by atoms with Crippen LogP contribution in [0.5, 0.6) is 0 Å². The standard InChI is InChI=1S/C21H18FN3O2/c22-13-6-7-17-15(10-13)16-12-24(9-8-18(16)23-17)19-11-20(26)25(21(19)27)14-4-2-1-3-5-14/h1-7,10,19,23H,8-9,11-12H2/t19-/m0/s1. The lowest BCUT2D eigenvalue weighted by atomic mass is 10.0. The van der Waals surface area contributed by atoms with Gasteiger partial charge in [-0.2, -0.15) is 0 Å². The summed E-state index contributed by atoms with van der Waals surface area (Å²) in [4.78, 5) is 32.2. The third-order valence-electron chi connectivity index (χ3n) is 5.54. The molecule has 2 amide bonds. The first-order valence-corrected chi connectivity index (χ1v) is 9.07. The molecule has 1 N–H and O–H groups in total. The molecule has 1 atom stereocenters. The number of rotatable bonds is 2. The molecule has 27 heavy (non-hydrogen) atoms. The molecule has 0 unspecified atom stereocenters. The van der Waals surface area contributed by atoms with Gasteiger partial charge in [0.1, 0.15) is 5.82 Å². The fourth-order valence-electron chi connectivity index (χ4n) is 4.22. The van der Waals surface area contributed by atoms with Crippen molar-refractivity contribution in [1.29, 1.82) is 0 Å². The average molecular weight is 363 g/mol. The molecule has 1 saturated heterocycles. The van der Waals surface area contributed by atoms with Gasteiger partial charge in [0.05, 0.1) is 18.2 Å². The molecule has 2 aromatic carbocycles. The van der Waals surface area contributed by atoms with Gasteiger partial charge in [-0.1, -0.05) is 18.2 Å². The SMILES string of the molecule is O=C1C[C@H](N2CCc3[nH]c4ccc(F)cc4c3C2)C(=O)N1c1ccccc1. The lowest BCUT2D eigenvalue weighted by molar-refractivity contribution is -0.123. The fraction of sp³-hybridized carbons (Fsp3) is 0.238. The number of carbonyl (C=O) groups excluding carboxylic acids is 2. The smallest absolute Gasteiger partial charge is 0.251 e. The largest absolute Gasteiger partial charge is 0.358 e. The number of H-pyrrole nitrogens is 1. The maximum Gasteiger partial charge on any atom is 0.251 e. The molecule has 0 saturated carbocycles. The Morgan fingerprint density at radius 3 is 2.70 bits per heavy atom. The summed E-state index contributed by atoms with van der Waals surface area (Å²) < 4.78 is 13.7. The van der Waals surface area contributed by atoms with E-state index in [1.54, 1.807) is 18.2 Å². The van der Waals surface area contributed by atoms with Gasteiger partial charge < -0.3 is 4.98 Å². The second-order valence-electron chi connectivity index (χ2n) is 7.12. The number of carbonyl (C=O) groups is 2.